The van der Waals surface area contributed by atoms with E-state index in [0.29, 0.717) is 21.1 Å². The minimum absolute atomic E-state index is 0.0697. The number of hydrogen-bond donors (Lipinski definition) is 4. The van der Waals surface area contributed by atoms with Gasteiger partial charge in [-0.3, -0.25) is 19.5 Å². The molecule has 0 aliphatic carbocycles. The van der Waals surface area contributed by atoms with E-state index in [4.69, 9.17) is 5.73 Å². The predicted octanol–water partition coefficient (Wildman–Crippen LogP) is 2.83. The molecule has 0 fully saturated rings. The highest BCUT2D eigenvalue weighted by Crippen LogP contribution is 2.29. The van der Waals surface area contributed by atoms with Crippen LogP contribution >= 0.6 is 11.3 Å². The highest BCUT2D eigenvalue weighted by Gasteiger charge is 2.21. The van der Waals surface area contributed by atoms with Crippen molar-refractivity contribution in [1.82, 2.24) is 10.2 Å². The summed E-state index contributed by atoms with van der Waals surface area (Å²) in [5.41, 5.74) is 6.66. The van der Waals surface area contributed by atoms with Crippen molar-refractivity contribution in [1.29, 1.82) is 0 Å². The highest BCUT2D eigenvalue weighted by molar-refractivity contribution is 7.18. The monoisotopic (exact) mass is 401 g/mol. The van der Waals surface area contributed by atoms with Crippen molar-refractivity contribution < 1.29 is 18.8 Å². The molecule has 1 aromatic carbocycles. The first-order valence-electron chi connectivity index (χ1n) is 8.09. The number of carbonyl (C=O) groups excluding carboxylic acids is 3. The number of halogens is 1. The van der Waals surface area contributed by atoms with E-state index in [9.17, 15) is 18.8 Å². The summed E-state index contributed by atoms with van der Waals surface area (Å²) in [7, 11) is 0. The SMILES string of the molecule is Cc1cc(NC(=O)c2cccc(F)c2)sc1C(=O)Nc1c(C(N)=O)n[nH]c1C. The number of aromatic nitrogens is 2. The van der Waals surface area contributed by atoms with Gasteiger partial charge in [-0.1, -0.05) is 6.07 Å². The molecule has 0 saturated carbocycles. The summed E-state index contributed by atoms with van der Waals surface area (Å²) >= 11 is 1.05. The van der Waals surface area contributed by atoms with Gasteiger partial charge in [0.15, 0.2) is 5.69 Å². The zero-order chi connectivity index (χ0) is 20.4. The first-order valence-corrected chi connectivity index (χ1v) is 8.91. The average molecular weight is 401 g/mol. The number of carbonyl (C=O) groups is 3. The van der Waals surface area contributed by atoms with Gasteiger partial charge < -0.3 is 16.4 Å². The summed E-state index contributed by atoms with van der Waals surface area (Å²) in [6.07, 6.45) is 0. The van der Waals surface area contributed by atoms with Crippen LogP contribution < -0.4 is 16.4 Å². The molecule has 0 radical (unpaired) electrons. The molecular formula is C18H16FN5O3S. The third-order valence-electron chi connectivity index (χ3n) is 3.87. The molecule has 8 nitrogen and oxygen atoms in total. The molecule has 0 atom stereocenters. The van der Waals surface area contributed by atoms with Crippen LogP contribution in [0.1, 0.15) is 41.8 Å². The summed E-state index contributed by atoms with van der Waals surface area (Å²) < 4.78 is 13.3. The Hall–Kier alpha value is -3.53. The second kappa shape index (κ2) is 7.61. The summed E-state index contributed by atoms with van der Waals surface area (Å²) in [4.78, 5) is 36.6. The first-order chi connectivity index (χ1) is 13.3. The van der Waals surface area contributed by atoms with Crippen LogP contribution in [0.15, 0.2) is 30.3 Å². The number of aromatic amines is 1. The smallest absolute Gasteiger partial charge is 0.271 e. The van der Waals surface area contributed by atoms with E-state index in [-0.39, 0.29) is 16.9 Å². The van der Waals surface area contributed by atoms with Crippen molar-refractivity contribution >= 4 is 39.7 Å². The Morgan fingerprint density at radius 2 is 1.89 bits per heavy atom. The van der Waals surface area contributed by atoms with Crippen molar-refractivity contribution in [2.75, 3.05) is 10.6 Å². The molecule has 0 bridgehead atoms. The maximum Gasteiger partial charge on any atom is 0.271 e. The Morgan fingerprint density at radius 1 is 1.14 bits per heavy atom. The van der Waals surface area contributed by atoms with Crippen molar-refractivity contribution in [3.8, 4) is 0 Å². The first kappa shape index (κ1) is 19.2. The van der Waals surface area contributed by atoms with Crippen LogP contribution in [0.5, 0.6) is 0 Å². The third kappa shape index (κ3) is 3.91. The van der Waals surface area contributed by atoms with Crippen LogP contribution in [0.4, 0.5) is 15.1 Å². The number of anilines is 2. The lowest BCUT2D eigenvalue weighted by molar-refractivity contribution is 0.0994. The zero-order valence-electron chi connectivity index (χ0n) is 14.9. The molecular weight excluding hydrogens is 385 g/mol. The summed E-state index contributed by atoms with van der Waals surface area (Å²) in [5.74, 6) is -2.25. The number of H-pyrrole nitrogens is 1. The van der Waals surface area contributed by atoms with E-state index in [1.807, 2.05) is 0 Å². The number of hydrogen-bond acceptors (Lipinski definition) is 5. The molecule has 0 aliphatic rings. The van der Waals surface area contributed by atoms with Gasteiger partial charge in [0.05, 0.1) is 21.3 Å². The Balaban J connectivity index is 1.79. The van der Waals surface area contributed by atoms with E-state index in [0.717, 1.165) is 17.4 Å². The van der Waals surface area contributed by atoms with E-state index in [1.165, 1.54) is 18.2 Å². The molecule has 144 valence electrons. The molecule has 0 unspecified atom stereocenters. The van der Waals surface area contributed by atoms with Gasteiger partial charge in [-0.05, 0) is 43.7 Å². The fraction of sp³-hybridized carbons (Fsp3) is 0.111. The highest BCUT2D eigenvalue weighted by atomic mass is 32.1. The maximum absolute atomic E-state index is 13.3. The second-order valence-corrected chi connectivity index (χ2v) is 7.03. The number of amides is 3. The second-order valence-electron chi connectivity index (χ2n) is 5.98. The number of primary amides is 1. The Labute approximate surface area is 162 Å². The van der Waals surface area contributed by atoms with Crippen LogP contribution in [0.3, 0.4) is 0 Å². The normalized spacial score (nSPS) is 10.5. The maximum atomic E-state index is 13.3. The quantitative estimate of drug-likeness (QED) is 0.524. The lowest BCUT2D eigenvalue weighted by Gasteiger charge is -2.05. The molecule has 2 aromatic heterocycles. The molecule has 28 heavy (non-hydrogen) atoms. The lowest BCUT2D eigenvalue weighted by Crippen LogP contribution is -2.18. The van der Waals surface area contributed by atoms with Gasteiger partial charge in [-0.2, -0.15) is 5.10 Å². The van der Waals surface area contributed by atoms with Gasteiger partial charge in [0.1, 0.15) is 5.82 Å². The van der Waals surface area contributed by atoms with Crippen LogP contribution in [-0.2, 0) is 0 Å². The van der Waals surface area contributed by atoms with E-state index in [1.54, 1.807) is 19.9 Å². The van der Waals surface area contributed by atoms with E-state index in [2.05, 4.69) is 20.8 Å². The molecule has 0 spiro atoms. The third-order valence-corrected chi connectivity index (χ3v) is 5.02. The summed E-state index contributed by atoms with van der Waals surface area (Å²) in [5, 5.41) is 12.1. The Bertz CT molecular complexity index is 1090. The molecule has 3 rings (SSSR count). The largest absolute Gasteiger partial charge is 0.364 e. The number of benzene rings is 1. The predicted molar refractivity (Wildman–Crippen MR) is 103 cm³/mol. The van der Waals surface area contributed by atoms with Gasteiger partial charge >= 0.3 is 0 Å². The standard InChI is InChI=1S/C18H16FN5O3S/c1-8-6-12(21-17(26)10-4-3-5-11(19)7-10)28-15(8)18(27)22-13-9(2)23-24-14(13)16(20)25/h3-7H,1-2H3,(H2,20,25)(H,21,26)(H,22,27)(H,23,24). The Kier molecular flexibility index (Phi) is 5.23. The fourth-order valence-corrected chi connectivity index (χ4v) is 3.48. The molecule has 5 N–H and O–H groups in total. The van der Waals surface area contributed by atoms with Gasteiger partial charge in [-0.25, -0.2) is 4.39 Å². The molecule has 0 saturated heterocycles. The fourth-order valence-electron chi connectivity index (χ4n) is 2.51. The molecule has 3 amide bonds. The van der Waals surface area contributed by atoms with Gasteiger partial charge in [0.25, 0.3) is 17.7 Å². The van der Waals surface area contributed by atoms with Gasteiger partial charge in [0, 0.05) is 5.56 Å². The number of rotatable bonds is 5. The van der Waals surface area contributed by atoms with Crippen LogP contribution in [-0.4, -0.2) is 27.9 Å². The summed E-state index contributed by atoms with van der Waals surface area (Å²) in [6.45, 7) is 3.35. The number of aryl methyl sites for hydroxylation is 2. The molecule has 0 aliphatic heterocycles. The number of nitrogens with zero attached hydrogens (tertiary/aromatic N) is 1. The summed E-state index contributed by atoms with van der Waals surface area (Å²) in [6, 6.07) is 6.92. The molecule has 10 heteroatoms. The van der Waals surface area contributed by atoms with E-state index >= 15 is 0 Å². The van der Waals surface area contributed by atoms with Crippen molar-refractivity contribution in [3.63, 3.8) is 0 Å². The van der Waals surface area contributed by atoms with Crippen LogP contribution in [0.25, 0.3) is 0 Å². The Morgan fingerprint density at radius 3 is 2.57 bits per heavy atom. The van der Waals surface area contributed by atoms with E-state index < -0.39 is 23.5 Å². The molecule has 3 aromatic rings. The minimum Gasteiger partial charge on any atom is -0.364 e. The van der Waals surface area contributed by atoms with Crippen molar-refractivity contribution in [3.05, 3.63) is 63.5 Å². The van der Waals surface area contributed by atoms with Crippen molar-refractivity contribution in [2.24, 2.45) is 5.73 Å². The van der Waals surface area contributed by atoms with Gasteiger partial charge in [-0.15, -0.1) is 11.3 Å². The van der Waals surface area contributed by atoms with Crippen LogP contribution in [0, 0.1) is 19.7 Å². The van der Waals surface area contributed by atoms with Crippen molar-refractivity contribution in [2.45, 2.75) is 13.8 Å². The topological polar surface area (TPSA) is 130 Å². The average Bonchev–Trinajstić information content (AvgIpc) is 3.18. The lowest BCUT2D eigenvalue weighted by atomic mass is 10.2. The number of nitrogens with one attached hydrogen (secondary N) is 3. The number of nitrogens with two attached hydrogens (primary N) is 1. The minimum atomic E-state index is -0.773. The number of thiophene rings is 1. The zero-order valence-corrected chi connectivity index (χ0v) is 15.7. The van der Waals surface area contributed by atoms with Crippen LogP contribution in [0.2, 0.25) is 0 Å². The molecule has 2 heterocycles. The van der Waals surface area contributed by atoms with Gasteiger partial charge in [0.2, 0.25) is 0 Å².